The number of aromatic nitrogens is 3. The summed E-state index contributed by atoms with van der Waals surface area (Å²) in [7, 11) is 0. The molecule has 1 aromatic heterocycles. The van der Waals surface area contributed by atoms with Gasteiger partial charge in [-0.2, -0.15) is 0 Å². The number of carbonyl (C=O) groups excluding carboxylic acids is 1. The molecule has 1 N–H and O–H groups in total. The Labute approximate surface area is 170 Å². The third-order valence-electron chi connectivity index (χ3n) is 7.06. The highest BCUT2D eigenvalue weighted by atomic mass is 19.1. The zero-order valence-corrected chi connectivity index (χ0v) is 16.7. The van der Waals surface area contributed by atoms with Crippen LogP contribution in [0.1, 0.15) is 61.7 Å². The van der Waals surface area contributed by atoms with Crippen LogP contribution in [0.5, 0.6) is 0 Å². The minimum atomic E-state index is -0.472. The summed E-state index contributed by atoms with van der Waals surface area (Å²) in [4.78, 5) is 15.7. The number of hydrogen-bond donors (Lipinski definition) is 1. The summed E-state index contributed by atoms with van der Waals surface area (Å²) in [5, 5.41) is 12.2. The summed E-state index contributed by atoms with van der Waals surface area (Å²) in [6.45, 7) is 4.17. The number of likely N-dealkylation sites (tertiary alicyclic amines) is 1. The molecule has 0 unspecified atom stereocenters. The van der Waals surface area contributed by atoms with Crippen molar-refractivity contribution in [1.82, 2.24) is 25.0 Å². The summed E-state index contributed by atoms with van der Waals surface area (Å²) < 4.78 is 15.7. The maximum absolute atomic E-state index is 13.6. The van der Waals surface area contributed by atoms with Crippen molar-refractivity contribution in [3.05, 3.63) is 47.3 Å². The van der Waals surface area contributed by atoms with Crippen LogP contribution in [0.2, 0.25) is 0 Å². The van der Waals surface area contributed by atoms with E-state index in [1.165, 1.54) is 12.1 Å². The van der Waals surface area contributed by atoms with Crippen molar-refractivity contribution in [3.8, 4) is 0 Å². The molecule has 3 heterocycles. The van der Waals surface area contributed by atoms with E-state index in [0.717, 1.165) is 88.5 Å². The van der Waals surface area contributed by atoms with Gasteiger partial charge in [0.15, 0.2) is 0 Å². The van der Waals surface area contributed by atoms with Crippen molar-refractivity contribution >= 4 is 5.91 Å². The number of nitrogens with one attached hydrogen (secondary N) is 1. The van der Waals surface area contributed by atoms with Crippen molar-refractivity contribution in [3.63, 3.8) is 0 Å². The van der Waals surface area contributed by atoms with Crippen LogP contribution in [0.3, 0.4) is 0 Å². The van der Waals surface area contributed by atoms with Crippen molar-refractivity contribution in [2.24, 2.45) is 0 Å². The average molecular weight is 397 g/mol. The summed E-state index contributed by atoms with van der Waals surface area (Å²) in [5.74, 6) is 2.45. The predicted molar refractivity (Wildman–Crippen MR) is 107 cm³/mol. The Kier molecular flexibility index (Phi) is 4.86. The molecule has 1 amide bonds. The number of nitrogens with zero attached hydrogens (tertiary/aromatic N) is 4. The van der Waals surface area contributed by atoms with Gasteiger partial charge in [-0.15, -0.1) is 10.2 Å². The molecule has 1 saturated heterocycles. The Morgan fingerprint density at radius 3 is 2.52 bits per heavy atom. The van der Waals surface area contributed by atoms with Crippen LogP contribution in [0.25, 0.3) is 0 Å². The lowest BCUT2D eigenvalue weighted by Crippen LogP contribution is -2.48. The molecule has 5 rings (SSSR count). The van der Waals surface area contributed by atoms with Gasteiger partial charge >= 0.3 is 0 Å². The summed E-state index contributed by atoms with van der Waals surface area (Å²) >= 11 is 0. The Balaban J connectivity index is 1.31. The quantitative estimate of drug-likeness (QED) is 0.865. The first kappa shape index (κ1) is 18.7. The van der Waals surface area contributed by atoms with E-state index >= 15 is 0 Å². The first-order valence-electron chi connectivity index (χ1n) is 10.9. The first-order valence-corrected chi connectivity index (χ1v) is 10.9. The zero-order valence-electron chi connectivity index (χ0n) is 16.7. The van der Waals surface area contributed by atoms with Crippen molar-refractivity contribution in [2.75, 3.05) is 19.6 Å². The molecular formula is C22H28FN5O. The molecule has 29 heavy (non-hydrogen) atoms. The fourth-order valence-corrected chi connectivity index (χ4v) is 5.43. The van der Waals surface area contributed by atoms with E-state index in [1.54, 1.807) is 0 Å². The normalized spacial score (nSPS) is 21.9. The van der Waals surface area contributed by atoms with E-state index in [-0.39, 0.29) is 11.7 Å². The maximum atomic E-state index is 13.6. The standard InChI is InChI=1S/C22H28FN5O/c23-18-5-3-17(4-6-18)22(9-1-2-10-22)21(29)27-12-7-16(8-13-27)20-26-25-19-15-24-11-14-28(19)20/h3-6,16,24H,1-2,7-15H2. The predicted octanol–water partition coefficient (Wildman–Crippen LogP) is 2.74. The second-order valence-electron chi connectivity index (χ2n) is 8.67. The van der Waals surface area contributed by atoms with E-state index in [1.807, 2.05) is 17.0 Å². The zero-order chi connectivity index (χ0) is 19.8. The van der Waals surface area contributed by atoms with Gasteiger partial charge in [0.05, 0.1) is 12.0 Å². The number of amides is 1. The molecule has 2 aromatic rings. The van der Waals surface area contributed by atoms with E-state index in [9.17, 15) is 9.18 Å². The van der Waals surface area contributed by atoms with Gasteiger partial charge in [0, 0.05) is 32.1 Å². The fraction of sp³-hybridized carbons (Fsp3) is 0.591. The fourth-order valence-electron chi connectivity index (χ4n) is 5.43. The lowest BCUT2D eigenvalue weighted by Gasteiger charge is -2.38. The SMILES string of the molecule is O=C(N1CCC(c2nnc3n2CCNC3)CC1)C1(c2ccc(F)cc2)CCCC1. The highest BCUT2D eigenvalue weighted by Crippen LogP contribution is 2.43. The molecule has 7 heteroatoms. The van der Waals surface area contributed by atoms with Gasteiger partial charge in [0.2, 0.25) is 5.91 Å². The molecule has 3 aliphatic rings. The Morgan fingerprint density at radius 2 is 1.79 bits per heavy atom. The van der Waals surface area contributed by atoms with Gasteiger partial charge in [-0.25, -0.2) is 4.39 Å². The minimum absolute atomic E-state index is 0.229. The monoisotopic (exact) mass is 397 g/mol. The summed E-state index contributed by atoms with van der Waals surface area (Å²) in [6.07, 6.45) is 5.69. The topological polar surface area (TPSA) is 63.1 Å². The lowest BCUT2D eigenvalue weighted by atomic mass is 9.77. The second-order valence-corrected chi connectivity index (χ2v) is 8.67. The number of carbonyl (C=O) groups is 1. The molecular weight excluding hydrogens is 369 g/mol. The largest absolute Gasteiger partial charge is 0.342 e. The van der Waals surface area contributed by atoms with E-state index in [0.29, 0.717) is 5.92 Å². The molecule has 1 saturated carbocycles. The van der Waals surface area contributed by atoms with Crippen LogP contribution in [-0.4, -0.2) is 45.2 Å². The first-order chi connectivity index (χ1) is 14.2. The van der Waals surface area contributed by atoms with Crippen LogP contribution < -0.4 is 5.32 Å². The van der Waals surface area contributed by atoms with Crippen molar-refractivity contribution in [2.45, 2.75) is 62.9 Å². The van der Waals surface area contributed by atoms with Gasteiger partial charge < -0.3 is 14.8 Å². The number of benzene rings is 1. The molecule has 6 nitrogen and oxygen atoms in total. The van der Waals surface area contributed by atoms with Crippen LogP contribution in [0.4, 0.5) is 4.39 Å². The number of piperidine rings is 1. The van der Waals surface area contributed by atoms with Gasteiger partial charge in [-0.3, -0.25) is 4.79 Å². The van der Waals surface area contributed by atoms with Crippen LogP contribution in [0, 0.1) is 5.82 Å². The molecule has 2 aliphatic heterocycles. The molecule has 0 radical (unpaired) electrons. The number of hydrogen-bond acceptors (Lipinski definition) is 4. The highest BCUT2D eigenvalue weighted by molar-refractivity contribution is 5.88. The Bertz CT molecular complexity index is 879. The Hall–Kier alpha value is -2.28. The van der Waals surface area contributed by atoms with E-state index in [2.05, 4.69) is 20.1 Å². The van der Waals surface area contributed by atoms with Crippen LogP contribution in [-0.2, 0) is 23.3 Å². The van der Waals surface area contributed by atoms with E-state index in [4.69, 9.17) is 0 Å². The molecule has 1 aromatic carbocycles. The molecule has 1 aliphatic carbocycles. The van der Waals surface area contributed by atoms with Crippen LogP contribution >= 0.6 is 0 Å². The molecule has 2 fully saturated rings. The van der Waals surface area contributed by atoms with Crippen LogP contribution in [0.15, 0.2) is 24.3 Å². The maximum Gasteiger partial charge on any atom is 0.233 e. The number of fused-ring (bicyclic) bond motifs is 1. The van der Waals surface area contributed by atoms with Gasteiger partial charge in [0.1, 0.15) is 17.5 Å². The third kappa shape index (κ3) is 3.25. The highest BCUT2D eigenvalue weighted by Gasteiger charge is 2.45. The Morgan fingerprint density at radius 1 is 1.07 bits per heavy atom. The van der Waals surface area contributed by atoms with Gasteiger partial charge in [-0.05, 0) is 43.4 Å². The molecule has 154 valence electrons. The van der Waals surface area contributed by atoms with Crippen molar-refractivity contribution in [1.29, 1.82) is 0 Å². The average Bonchev–Trinajstić information content (AvgIpc) is 3.42. The molecule has 0 bridgehead atoms. The number of rotatable bonds is 3. The molecule has 0 atom stereocenters. The van der Waals surface area contributed by atoms with Crippen molar-refractivity contribution < 1.29 is 9.18 Å². The smallest absolute Gasteiger partial charge is 0.233 e. The third-order valence-corrected chi connectivity index (χ3v) is 7.06. The number of halogens is 1. The summed E-state index contributed by atoms with van der Waals surface area (Å²) in [5.41, 5.74) is 0.503. The molecule has 0 spiro atoms. The van der Waals surface area contributed by atoms with Gasteiger partial charge in [-0.1, -0.05) is 25.0 Å². The summed E-state index contributed by atoms with van der Waals surface area (Å²) in [6, 6.07) is 6.58. The van der Waals surface area contributed by atoms with E-state index < -0.39 is 5.41 Å². The second kappa shape index (κ2) is 7.52. The lowest BCUT2D eigenvalue weighted by molar-refractivity contribution is -0.138. The van der Waals surface area contributed by atoms with Gasteiger partial charge in [0.25, 0.3) is 0 Å². The minimum Gasteiger partial charge on any atom is -0.342 e.